The summed E-state index contributed by atoms with van der Waals surface area (Å²) in [6.45, 7) is 0. The maximum atomic E-state index is 13.4. The summed E-state index contributed by atoms with van der Waals surface area (Å²) in [5.41, 5.74) is 0.425. The molecule has 0 radical (unpaired) electrons. The number of nitrogens with zero attached hydrogens (tertiary/aromatic N) is 3. The minimum atomic E-state index is -5.92. The van der Waals surface area contributed by atoms with E-state index in [9.17, 15) is 26.4 Å². The quantitative estimate of drug-likeness (QED) is 0.434. The highest BCUT2D eigenvalue weighted by molar-refractivity contribution is 7.88. The number of likely N-dealkylation sites (N-methyl/N-ethyl adjacent to an activating group) is 1. The number of nitrogens with two attached hydrogens (primary N) is 1. The van der Waals surface area contributed by atoms with Crippen LogP contribution >= 0.6 is 0 Å². The summed E-state index contributed by atoms with van der Waals surface area (Å²) in [6.07, 6.45) is 3.23. The Kier molecular flexibility index (Phi) is 5.56. The van der Waals surface area contributed by atoms with Gasteiger partial charge in [-0.15, -0.1) is 0 Å². The molecule has 8 nitrogen and oxygen atoms in total. The van der Waals surface area contributed by atoms with Crippen molar-refractivity contribution in [3.05, 3.63) is 84.2 Å². The molecule has 1 amide bonds. The van der Waals surface area contributed by atoms with Crippen LogP contribution in [0.3, 0.4) is 0 Å². The summed E-state index contributed by atoms with van der Waals surface area (Å²) in [7, 11) is -4.51. The van der Waals surface area contributed by atoms with Gasteiger partial charge in [-0.2, -0.15) is 21.6 Å². The number of amides is 1. The van der Waals surface area contributed by atoms with Crippen molar-refractivity contribution in [2.75, 3.05) is 7.05 Å². The number of alkyl halides is 3. The Labute approximate surface area is 192 Å². The molecule has 2 aromatic carbocycles. The Bertz CT molecular complexity index is 1390. The molecule has 1 aliphatic heterocycles. The van der Waals surface area contributed by atoms with Gasteiger partial charge in [-0.25, -0.2) is 4.99 Å². The predicted octanol–water partition coefficient (Wildman–Crippen LogP) is 3.01. The summed E-state index contributed by atoms with van der Waals surface area (Å²) in [4.78, 5) is 23.0. The fraction of sp³-hybridized carbons (Fsp3) is 0.136. The van der Waals surface area contributed by atoms with Gasteiger partial charge in [0.05, 0.1) is 0 Å². The van der Waals surface area contributed by atoms with Crippen molar-refractivity contribution in [1.29, 1.82) is 0 Å². The highest BCUT2D eigenvalue weighted by Crippen LogP contribution is 2.42. The van der Waals surface area contributed by atoms with Crippen LogP contribution in [0.4, 0.5) is 13.2 Å². The Morgan fingerprint density at radius 1 is 1.00 bits per heavy atom. The van der Waals surface area contributed by atoms with Gasteiger partial charge in [0.2, 0.25) is 0 Å². The van der Waals surface area contributed by atoms with Crippen molar-refractivity contribution in [3.63, 3.8) is 0 Å². The molecule has 0 aliphatic carbocycles. The standard InChI is InChI=1S/C22H17F3N4O4S/c1-29-19(30)21(28-20(29)26,16-7-2-5-14(11-16)15-6-4-10-27-13-15)17-8-3-9-18(12-17)33-34(31,32)22(23,24)25/h2-13H,1H3,(H2,26,28). The van der Waals surface area contributed by atoms with Gasteiger partial charge >= 0.3 is 15.6 Å². The van der Waals surface area contributed by atoms with E-state index in [2.05, 4.69) is 14.2 Å². The van der Waals surface area contributed by atoms with Crippen molar-refractivity contribution < 1.29 is 30.6 Å². The van der Waals surface area contributed by atoms with Crippen molar-refractivity contribution >= 4 is 22.0 Å². The maximum absolute atomic E-state index is 13.4. The fourth-order valence-electron chi connectivity index (χ4n) is 3.59. The lowest BCUT2D eigenvalue weighted by atomic mass is 9.81. The van der Waals surface area contributed by atoms with Crippen molar-refractivity contribution in [2.45, 2.75) is 11.0 Å². The monoisotopic (exact) mass is 490 g/mol. The highest BCUT2D eigenvalue weighted by Gasteiger charge is 2.51. The second-order valence-electron chi connectivity index (χ2n) is 7.38. The van der Waals surface area contributed by atoms with Gasteiger partial charge in [-0.3, -0.25) is 14.7 Å². The summed E-state index contributed by atoms with van der Waals surface area (Å²) in [5.74, 6) is -1.33. The molecular weight excluding hydrogens is 473 g/mol. The van der Waals surface area contributed by atoms with Gasteiger partial charge in [0.15, 0.2) is 11.5 Å². The zero-order valence-corrected chi connectivity index (χ0v) is 18.3. The van der Waals surface area contributed by atoms with Gasteiger partial charge in [-0.05, 0) is 46.5 Å². The third kappa shape index (κ3) is 3.85. The SMILES string of the molecule is CN1C(=O)C(c2cccc(OS(=O)(=O)C(F)(F)F)c2)(c2cccc(-c3cccnc3)c2)N=C1N. The molecule has 4 rings (SSSR count). The van der Waals surface area contributed by atoms with E-state index >= 15 is 0 Å². The zero-order chi connectivity index (χ0) is 24.7. The average molecular weight is 490 g/mol. The lowest BCUT2D eigenvalue weighted by molar-refractivity contribution is -0.129. The van der Waals surface area contributed by atoms with Crippen LogP contribution in [-0.4, -0.2) is 42.7 Å². The maximum Gasteiger partial charge on any atom is 0.534 e. The lowest BCUT2D eigenvalue weighted by Gasteiger charge is -2.27. The highest BCUT2D eigenvalue weighted by atomic mass is 32.2. The first kappa shape index (κ1) is 23.2. The first-order valence-corrected chi connectivity index (χ1v) is 11.1. The lowest BCUT2D eigenvalue weighted by Crippen LogP contribution is -2.41. The van der Waals surface area contributed by atoms with Gasteiger partial charge < -0.3 is 9.92 Å². The summed E-state index contributed by atoms with van der Waals surface area (Å²) in [6, 6.07) is 15.1. The number of halogens is 3. The van der Waals surface area contributed by atoms with Crippen LogP contribution in [0.15, 0.2) is 78.0 Å². The number of hydrogen-bond donors (Lipinski definition) is 1. The van der Waals surface area contributed by atoms with Crippen LogP contribution in [-0.2, 0) is 20.5 Å². The van der Waals surface area contributed by atoms with E-state index in [4.69, 9.17) is 5.73 Å². The number of benzene rings is 2. The molecule has 1 unspecified atom stereocenters. The molecule has 1 aliphatic rings. The third-order valence-corrected chi connectivity index (χ3v) is 6.24. The molecule has 2 heterocycles. The Hall–Kier alpha value is -3.93. The zero-order valence-electron chi connectivity index (χ0n) is 17.5. The molecule has 0 saturated carbocycles. The molecule has 0 fully saturated rings. The molecule has 0 spiro atoms. The molecule has 12 heteroatoms. The minimum absolute atomic E-state index is 0.0722. The second kappa shape index (κ2) is 8.13. The number of hydrogen-bond acceptors (Lipinski definition) is 7. The van der Waals surface area contributed by atoms with E-state index in [1.807, 2.05) is 6.07 Å². The topological polar surface area (TPSA) is 115 Å². The van der Waals surface area contributed by atoms with Crippen LogP contribution in [0.25, 0.3) is 11.1 Å². The number of rotatable bonds is 5. The van der Waals surface area contributed by atoms with Gasteiger partial charge in [0.1, 0.15) is 5.75 Å². The third-order valence-electron chi connectivity index (χ3n) is 5.26. The average Bonchev–Trinajstić information content (AvgIpc) is 3.04. The molecule has 34 heavy (non-hydrogen) atoms. The number of pyridine rings is 1. The van der Waals surface area contributed by atoms with E-state index in [1.165, 1.54) is 19.2 Å². The normalized spacial score (nSPS) is 18.6. The summed E-state index contributed by atoms with van der Waals surface area (Å²) >= 11 is 0. The molecule has 2 N–H and O–H groups in total. The Morgan fingerprint density at radius 3 is 2.24 bits per heavy atom. The number of guanidine groups is 1. The van der Waals surface area contributed by atoms with Gasteiger partial charge in [0, 0.05) is 19.4 Å². The van der Waals surface area contributed by atoms with E-state index in [1.54, 1.807) is 42.7 Å². The summed E-state index contributed by atoms with van der Waals surface area (Å²) in [5, 5.41) is 0. The molecule has 3 aromatic rings. The second-order valence-corrected chi connectivity index (χ2v) is 8.92. The summed E-state index contributed by atoms with van der Waals surface area (Å²) < 4.78 is 65.7. The Morgan fingerprint density at radius 2 is 1.65 bits per heavy atom. The number of carbonyl (C=O) groups is 1. The largest absolute Gasteiger partial charge is 0.534 e. The minimum Gasteiger partial charge on any atom is -0.376 e. The van der Waals surface area contributed by atoms with Crippen molar-refractivity contribution in [3.8, 4) is 16.9 Å². The molecule has 1 atom stereocenters. The van der Waals surface area contributed by atoms with Crippen LogP contribution < -0.4 is 9.92 Å². The van der Waals surface area contributed by atoms with E-state index in [-0.39, 0.29) is 11.5 Å². The number of carbonyl (C=O) groups excluding carboxylic acids is 1. The van der Waals surface area contributed by atoms with Gasteiger partial charge in [-0.1, -0.05) is 36.4 Å². The number of aromatic nitrogens is 1. The molecule has 0 saturated heterocycles. The van der Waals surface area contributed by atoms with E-state index in [0.717, 1.165) is 22.6 Å². The predicted molar refractivity (Wildman–Crippen MR) is 117 cm³/mol. The van der Waals surface area contributed by atoms with E-state index in [0.29, 0.717) is 11.1 Å². The van der Waals surface area contributed by atoms with Crippen LogP contribution in [0, 0.1) is 0 Å². The molecular formula is C22H17F3N4O4S. The van der Waals surface area contributed by atoms with Crippen LogP contribution in [0.5, 0.6) is 5.75 Å². The number of aliphatic imine (C=N–C) groups is 1. The van der Waals surface area contributed by atoms with Gasteiger partial charge in [0.25, 0.3) is 5.91 Å². The molecule has 176 valence electrons. The fourth-order valence-corrected chi connectivity index (χ4v) is 4.04. The van der Waals surface area contributed by atoms with Crippen LogP contribution in [0.2, 0.25) is 0 Å². The van der Waals surface area contributed by atoms with Crippen LogP contribution in [0.1, 0.15) is 11.1 Å². The first-order valence-electron chi connectivity index (χ1n) is 9.71. The van der Waals surface area contributed by atoms with Crippen molar-refractivity contribution in [2.24, 2.45) is 10.7 Å². The smallest absolute Gasteiger partial charge is 0.376 e. The molecule has 1 aromatic heterocycles. The first-order chi connectivity index (χ1) is 16.0. The molecule has 0 bridgehead atoms. The van der Waals surface area contributed by atoms with Crippen molar-refractivity contribution in [1.82, 2.24) is 9.88 Å². The van der Waals surface area contributed by atoms with E-state index < -0.39 is 32.8 Å². The Balaban J connectivity index is 1.88.